The predicted octanol–water partition coefficient (Wildman–Crippen LogP) is 3.60. The first kappa shape index (κ1) is 13.6. The summed E-state index contributed by atoms with van der Waals surface area (Å²) in [5.74, 6) is 0. The maximum Gasteiger partial charge on any atom is 0.0953 e. The quantitative estimate of drug-likeness (QED) is 0.829. The molecule has 0 saturated heterocycles. The van der Waals surface area contributed by atoms with E-state index in [0.29, 0.717) is 12.1 Å². The van der Waals surface area contributed by atoms with Gasteiger partial charge in [0, 0.05) is 12.6 Å². The van der Waals surface area contributed by atoms with Crippen LogP contribution in [0.3, 0.4) is 0 Å². The molecule has 1 aliphatic carbocycles. The summed E-state index contributed by atoms with van der Waals surface area (Å²) in [6, 6.07) is 9.18. The van der Waals surface area contributed by atoms with Crippen molar-refractivity contribution in [1.82, 2.24) is 5.32 Å². The Morgan fingerprint density at radius 3 is 2.67 bits per heavy atom. The van der Waals surface area contributed by atoms with Gasteiger partial charge in [-0.3, -0.25) is 0 Å². The van der Waals surface area contributed by atoms with Crippen LogP contribution in [0.4, 0.5) is 0 Å². The van der Waals surface area contributed by atoms with Crippen molar-refractivity contribution < 1.29 is 4.74 Å². The van der Waals surface area contributed by atoms with Gasteiger partial charge in [0.1, 0.15) is 0 Å². The minimum atomic E-state index is 0.192. The van der Waals surface area contributed by atoms with Gasteiger partial charge in [-0.2, -0.15) is 0 Å². The van der Waals surface area contributed by atoms with Crippen molar-refractivity contribution in [2.75, 3.05) is 6.54 Å². The van der Waals surface area contributed by atoms with Crippen molar-refractivity contribution in [3.05, 3.63) is 35.4 Å². The van der Waals surface area contributed by atoms with E-state index in [9.17, 15) is 0 Å². The highest BCUT2D eigenvalue weighted by molar-refractivity contribution is 5.24. The first-order valence-electron chi connectivity index (χ1n) is 7.10. The molecule has 18 heavy (non-hydrogen) atoms. The third-order valence-corrected chi connectivity index (χ3v) is 3.53. The van der Waals surface area contributed by atoms with Crippen molar-refractivity contribution in [3.63, 3.8) is 0 Å². The lowest BCUT2D eigenvalue weighted by Gasteiger charge is -2.31. The number of benzene rings is 1. The molecule has 0 spiro atoms. The fraction of sp³-hybridized carbons (Fsp3) is 0.625. The Labute approximate surface area is 111 Å². The van der Waals surface area contributed by atoms with Gasteiger partial charge in [0.2, 0.25) is 0 Å². The Bertz CT molecular complexity index is 371. The Morgan fingerprint density at radius 1 is 1.33 bits per heavy atom. The second-order valence-electron chi connectivity index (χ2n) is 5.65. The van der Waals surface area contributed by atoms with Crippen molar-refractivity contribution >= 4 is 0 Å². The van der Waals surface area contributed by atoms with E-state index >= 15 is 0 Å². The Kier molecular flexibility index (Phi) is 4.79. The Hall–Kier alpha value is -0.860. The fourth-order valence-electron chi connectivity index (χ4n) is 2.20. The van der Waals surface area contributed by atoms with E-state index in [2.05, 4.69) is 50.4 Å². The summed E-state index contributed by atoms with van der Waals surface area (Å²) in [4.78, 5) is 0. The molecule has 1 fully saturated rings. The Balaban J connectivity index is 2.02. The van der Waals surface area contributed by atoms with E-state index in [1.807, 2.05) is 0 Å². The van der Waals surface area contributed by atoms with Gasteiger partial charge >= 0.3 is 0 Å². The molecule has 1 N–H and O–H groups in total. The summed E-state index contributed by atoms with van der Waals surface area (Å²) in [5, 5.41) is 3.49. The third-order valence-electron chi connectivity index (χ3n) is 3.53. The van der Waals surface area contributed by atoms with Crippen molar-refractivity contribution in [2.24, 2.45) is 0 Å². The van der Waals surface area contributed by atoms with E-state index < -0.39 is 0 Å². The number of ether oxygens (including phenoxy) is 1. The van der Waals surface area contributed by atoms with Crippen LogP contribution in [-0.2, 0) is 4.74 Å². The first-order valence-corrected chi connectivity index (χ1v) is 7.10. The van der Waals surface area contributed by atoms with Gasteiger partial charge in [0.05, 0.1) is 12.2 Å². The van der Waals surface area contributed by atoms with Crippen molar-refractivity contribution in [1.29, 1.82) is 0 Å². The zero-order chi connectivity index (χ0) is 13.0. The van der Waals surface area contributed by atoms with E-state index in [1.165, 1.54) is 30.4 Å². The largest absolute Gasteiger partial charge is 0.369 e. The summed E-state index contributed by atoms with van der Waals surface area (Å²) >= 11 is 0. The molecule has 1 saturated carbocycles. The summed E-state index contributed by atoms with van der Waals surface area (Å²) < 4.78 is 6.22. The zero-order valence-corrected chi connectivity index (χ0v) is 11.8. The van der Waals surface area contributed by atoms with Crippen LogP contribution >= 0.6 is 0 Å². The minimum absolute atomic E-state index is 0.192. The molecule has 1 aliphatic rings. The van der Waals surface area contributed by atoms with Gasteiger partial charge in [0.25, 0.3) is 0 Å². The number of hydrogen-bond donors (Lipinski definition) is 1. The van der Waals surface area contributed by atoms with Gasteiger partial charge in [-0.05, 0) is 31.7 Å². The molecule has 100 valence electrons. The molecule has 2 heteroatoms. The fourth-order valence-corrected chi connectivity index (χ4v) is 2.20. The van der Waals surface area contributed by atoms with Crippen LogP contribution in [0.2, 0.25) is 0 Å². The molecule has 1 aromatic rings. The van der Waals surface area contributed by atoms with Crippen LogP contribution in [-0.4, -0.2) is 18.7 Å². The topological polar surface area (TPSA) is 21.3 Å². The normalized spacial score (nSPS) is 17.8. The highest BCUT2D eigenvalue weighted by atomic mass is 16.5. The minimum Gasteiger partial charge on any atom is -0.369 e. The third kappa shape index (κ3) is 3.82. The molecule has 2 rings (SSSR count). The van der Waals surface area contributed by atoms with Gasteiger partial charge < -0.3 is 10.1 Å². The van der Waals surface area contributed by atoms with Gasteiger partial charge in [0.15, 0.2) is 0 Å². The van der Waals surface area contributed by atoms with Crippen LogP contribution in [0.1, 0.15) is 50.3 Å². The molecule has 0 radical (unpaired) electrons. The molecule has 0 bridgehead atoms. The maximum atomic E-state index is 6.22. The molecule has 0 aromatic heterocycles. The lowest BCUT2D eigenvalue weighted by molar-refractivity contribution is -0.0525. The number of aryl methyl sites for hydroxylation is 1. The van der Waals surface area contributed by atoms with Gasteiger partial charge in [-0.15, -0.1) is 0 Å². The first-order chi connectivity index (χ1) is 8.65. The van der Waals surface area contributed by atoms with Gasteiger partial charge in [-0.1, -0.05) is 43.7 Å². The smallest absolute Gasteiger partial charge is 0.0953 e. The van der Waals surface area contributed by atoms with E-state index in [-0.39, 0.29) is 6.10 Å². The molecule has 0 amide bonds. The van der Waals surface area contributed by atoms with Crippen LogP contribution in [0, 0.1) is 6.92 Å². The molecule has 1 unspecified atom stereocenters. The number of hydrogen-bond acceptors (Lipinski definition) is 2. The standard InChI is InChI=1S/C16H25NO/c1-12(2)17-11-16(18-15-8-5-9-15)14-7-4-6-13(3)10-14/h4,6-7,10,12,15-17H,5,8-9,11H2,1-3H3. The molecule has 1 aromatic carbocycles. The van der Waals surface area contributed by atoms with Crippen LogP contribution in [0.25, 0.3) is 0 Å². The SMILES string of the molecule is Cc1cccc(C(CNC(C)C)OC2CCC2)c1. The number of nitrogens with one attached hydrogen (secondary N) is 1. The highest BCUT2D eigenvalue weighted by Crippen LogP contribution is 2.29. The zero-order valence-electron chi connectivity index (χ0n) is 11.8. The Morgan fingerprint density at radius 2 is 2.11 bits per heavy atom. The maximum absolute atomic E-state index is 6.22. The predicted molar refractivity (Wildman–Crippen MR) is 75.8 cm³/mol. The molecule has 2 nitrogen and oxygen atoms in total. The second kappa shape index (κ2) is 6.35. The van der Waals surface area contributed by atoms with Crippen LogP contribution in [0.5, 0.6) is 0 Å². The summed E-state index contributed by atoms with van der Waals surface area (Å²) in [6.07, 6.45) is 4.44. The van der Waals surface area contributed by atoms with E-state index in [4.69, 9.17) is 4.74 Å². The van der Waals surface area contributed by atoms with Crippen molar-refractivity contribution in [2.45, 2.75) is 58.3 Å². The molecular formula is C16H25NO. The molecule has 0 heterocycles. The van der Waals surface area contributed by atoms with Gasteiger partial charge in [-0.25, -0.2) is 0 Å². The summed E-state index contributed by atoms with van der Waals surface area (Å²) in [6.45, 7) is 7.39. The van der Waals surface area contributed by atoms with Crippen LogP contribution < -0.4 is 5.32 Å². The summed E-state index contributed by atoms with van der Waals surface area (Å²) in [7, 11) is 0. The summed E-state index contributed by atoms with van der Waals surface area (Å²) in [5.41, 5.74) is 2.61. The second-order valence-corrected chi connectivity index (χ2v) is 5.65. The molecule has 0 aliphatic heterocycles. The van der Waals surface area contributed by atoms with E-state index in [0.717, 1.165) is 6.54 Å². The van der Waals surface area contributed by atoms with Crippen molar-refractivity contribution in [3.8, 4) is 0 Å². The number of rotatable bonds is 6. The van der Waals surface area contributed by atoms with Crippen LogP contribution in [0.15, 0.2) is 24.3 Å². The monoisotopic (exact) mass is 247 g/mol. The van der Waals surface area contributed by atoms with E-state index in [1.54, 1.807) is 0 Å². The highest BCUT2D eigenvalue weighted by Gasteiger charge is 2.23. The average molecular weight is 247 g/mol. The average Bonchev–Trinajstić information content (AvgIpc) is 2.26. The molecule has 1 atom stereocenters. The lowest BCUT2D eigenvalue weighted by Crippen LogP contribution is -2.33. The lowest BCUT2D eigenvalue weighted by atomic mass is 9.95. The molecular weight excluding hydrogens is 222 g/mol.